The highest BCUT2D eigenvalue weighted by atomic mass is 16.5. The fourth-order valence-electron chi connectivity index (χ4n) is 1.22. The Morgan fingerprint density at radius 2 is 2.55 bits per heavy atom. The molecule has 0 bridgehead atoms. The summed E-state index contributed by atoms with van der Waals surface area (Å²) in [6, 6.07) is 0. The largest absolute Gasteiger partial charge is 0.490 e. The van der Waals surface area contributed by atoms with Crippen molar-refractivity contribution in [2.75, 3.05) is 6.61 Å². The van der Waals surface area contributed by atoms with Gasteiger partial charge in [0.15, 0.2) is 11.4 Å². The first-order valence-electron chi connectivity index (χ1n) is 3.35. The number of carboxylic acid groups (broad SMARTS) is 1. The van der Waals surface area contributed by atoms with Crippen molar-refractivity contribution in [3.63, 3.8) is 0 Å². The molecule has 0 aromatic carbocycles. The van der Waals surface area contributed by atoms with Crippen LogP contribution in [-0.2, 0) is 6.42 Å². The van der Waals surface area contributed by atoms with E-state index in [4.69, 9.17) is 9.84 Å². The maximum Gasteiger partial charge on any atom is 0.356 e. The molecule has 0 atom stereocenters. The van der Waals surface area contributed by atoms with Crippen LogP contribution in [0.1, 0.15) is 16.1 Å². The Balaban J connectivity index is 2.50. The molecule has 0 spiro atoms. The SMILES string of the molecule is O=C(O)c1[nH]cc2c1OCC2. The molecule has 58 valence electrons. The van der Waals surface area contributed by atoms with Gasteiger partial charge in [-0.3, -0.25) is 0 Å². The number of rotatable bonds is 1. The number of fused-ring (bicyclic) bond motifs is 1. The topological polar surface area (TPSA) is 62.3 Å². The Morgan fingerprint density at radius 3 is 3.27 bits per heavy atom. The molecular formula is C7H7NO3. The molecule has 1 aliphatic rings. The van der Waals surface area contributed by atoms with E-state index < -0.39 is 5.97 Å². The highest BCUT2D eigenvalue weighted by molar-refractivity contribution is 5.89. The van der Waals surface area contributed by atoms with Crippen molar-refractivity contribution < 1.29 is 14.6 Å². The van der Waals surface area contributed by atoms with Gasteiger partial charge in [-0.05, 0) is 0 Å². The van der Waals surface area contributed by atoms with Crippen LogP contribution in [0.15, 0.2) is 6.20 Å². The van der Waals surface area contributed by atoms with Gasteiger partial charge in [0, 0.05) is 18.2 Å². The lowest BCUT2D eigenvalue weighted by Crippen LogP contribution is -1.99. The lowest BCUT2D eigenvalue weighted by atomic mass is 10.2. The molecular weight excluding hydrogens is 146 g/mol. The Bertz CT molecular complexity index is 303. The predicted octanol–water partition coefficient (Wildman–Crippen LogP) is 0.648. The smallest absolute Gasteiger partial charge is 0.356 e. The third-order valence-corrected chi connectivity index (χ3v) is 1.74. The average Bonchev–Trinajstić information content (AvgIpc) is 2.41. The number of hydrogen-bond acceptors (Lipinski definition) is 2. The predicted molar refractivity (Wildman–Crippen MR) is 37.0 cm³/mol. The van der Waals surface area contributed by atoms with Crippen molar-refractivity contribution in [1.82, 2.24) is 4.98 Å². The maximum absolute atomic E-state index is 10.5. The molecule has 2 rings (SSSR count). The maximum atomic E-state index is 10.5. The lowest BCUT2D eigenvalue weighted by Gasteiger charge is -1.95. The first kappa shape index (κ1) is 6.27. The van der Waals surface area contributed by atoms with Gasteiger partial charge in [0.05, 0.1) is 6.61 Å². The first-order chi connectivity index (χ1) is 5.29. The average molecular weight is 153 g/mol. The summed E-state index contributed by atoms with van der Waals surface area (Å²) in [4.78, 5) is 13.2. The third-order valence-electron chi connectivity index (χ3n) is 1.74. The van der Waals surface area contributed by atoms with Crippen molar-refractivity contribution in [2.45, 2.75) is 6.42 Å². The molecule has 1 aromatic rings. The Morgan fingerprint density at radius 1 is 1.73 bits per heavy atom. The zero-order valence-corrected chi connectivity index (χ0v) is 5.76. The van der Waals surface area contributed by atoms with Crippen LogP contribution in [0.5, 0.6) is 5.75 Å². The fourth-order valence-corrected chi connectivity index (χ4v) is 1.22. The quantitative estimate of drug-likeness (QED) is 0.622. The molecule has 0 amide bonds. The minimum Gasteiger partial charge on any atom is -0.490 e. The van der Waals surface area contributed by atoms with Gasteiger partial charge in [0.25, 0.3) is 0 Å². The Hall–Kier alpha value is -1.45. The van der Waals surface area contributed by atoms with E-state index in [1.54, 1.807) is 6.20 Å². The number of aromatic amines is 1. The molecule has 0 radical (unpaired) electrons. The van der Waals surface area contributed by atoms with Crippen LogP contribution >= 0.6 is 0 Å². The van der Waals surface area contributed by atoms with Crippen LogP contribution < -0.4 is 4.74 Å². The van der Waals surface area contributed by atoms with Crippen LogP contribution in [-0.4, -0.2) is 22.7 Å². The van der Waals surface area contributed by atoms with E-state index in [-0.39, 0.29) is 5.69 Å². The molecule has 0 unspecified atom stereocenters. The second-order valence-electron chi connectivity index (χ2n) is 2.42. The van der Waals surface area contributed by atoms with E-state index in [9.17, 15) is 4.79 Å². The van der Waals surface area contributed by atoms with Gasteiger partial charge in [0.2, 0.25) is 0 Å². The fraction of sp³-hybridized carbons (Fsp3) is 0.286. The number of nitrogens with one attached hydrogen (secondary N) is 1. The highest BCUT2D eigenvalue weighted by Crippen LogP contribution is 2.28. The molecule has 0 aliphatic carbocycles. The summed E-state index contributed by atoms with van der Waals surface area (Å²) >= 11 is 0. The van der Waals surface area contributed by atoms with Crippen LogP contribution in [0, 0.1) is 0 Å². The molecule has 11 heavy (non-hydrogen) atoms. The molecule has 2 N–H and O–H groups in total. The zero-order valence-electron chi connectivity index (χ0n) is 5.76. The van der Waals surface area contributed by atoms with Gasteiger partial charge < -0.3 is 14.8 Å². The van der Waals surface area contributed by atoms with E-state index in [2.05, 4.69) is 4.98 Å². The summed E-state index contributed by atoms with van der Waals surface area (Å²) in [5.41, 5.74) is 1.12. The summed E-state index contributed by atoms with van der Waals surface area (Å²) in [6.45, 7) is 0.597. The number of carbonyl (C=O) groups is 1. The number of carboxylic acids is 1. The monoisotopic (exact) mass is 153 g/mol. The van der Waals surface area contributed by atoms with Crippen LogP contribution in [0.3, 0.4) is 0 Å². The number of hydrogen-bond donors (Lipinski definition) is 2. The van der Waals surface area contributed by atoms with E-state index >= 15 is 0 Å². The van der Waals surface area contributed by atoms with Crippen molar-refractivity contribution in [2.24, 2.45) is 0 Å². The number of H-pyrrole nitrogens is 1. The standard InChI is InChI=1S/C7H7NO3/c9-7(10)5-6-4(3-8-5)1-2-11-6/h3,8H,1-2H2,(H,9,10). The number of ether oxygens (including phenoxy) is 1. The molecule has 0 saturated heterocycles. The van der Waals surface area contributed by atoms with E-state index in [1.807, 2.05) is 0 Å². The van der Waals surface area contributed by atoms with Gasteiger partial charge in [-0.15, -0.1) is 0 Å². The minimum atomic E-state index is -0.965. The summed E-state index contributed by atoms with van der Waals surface area (Å²) in [5.74, 6) is -0.453. The van der Waals surface area contributed by atoms with Crippen LogP contribution in [0.2, 0.25) is 0 Å². The van der Waals surface area contributed by atoms with Gasteiger partial charge in [-0.25, -0.2) is 4.79 Å². The van der Waals surface area contributed by atoms with Gasteiger partial charge in [-0.1, -0.05) is 0 Å². The lowest BCUT2D eigenvalue weighted by molar-refractivity contribution is 0.0687. The van der Waals surface area contributed by atoms with E-state index in [1.165, 1.54) is 0 Å². The van der Waals surface area contributed by atoms with Crippen LogP contribution in [0.4, 0.5) is 0 Å². The second kappa shape index (κ2) is 2.02. The van der Waals surface area contributed by atoms with Gasteiger partial charge in [-0.2, -0.15) is 0 Å². The molecule has 1 aliphatic heterocycles. The Labute approximate surface area is 62.8 Å². The summed E-state index contributed by atoms with van der Waals surface area (Å²) in [5, 5.41) is 8.63. The molecule has 1 aromatic heterocycles. The van der Waals surface area contributed by atoms with Gasteiger partial charge in [0.1, 0.15) is 0 Å². The van der Waals surface area contributed by atoms with Crippen molar-refractivity contribution in [1.29, 1.82) is 0 Å². The summed E-state index contributed by atoms with van der Waals surface area (Å²) in [7, 11) is 0. The molecule has 2 heterocycles. The number of aromatic carboxylic acids is 1. The minimum absolute atomic E-state index is 0.164. The Kier molecular flexibility index (Phi) is 1.15. The van der Waals surface area contributed by atoms with Crippen molar-refractivity contribution in [3.8, 4) is 5.75 Å². The first-order valence-corrected chi connectivity index (χ1v) is 3.35. The molecule has 4 heteroatoms. The van der Waals surface area contributed by atoms with E-state index in [0.29, 0.717) is 12.4 Å². The summed E-state index contributed by atoms with van der Waals surface area (Å²) in [6.07, 6.45) is 2.49. The zero-order chi connectivity index (χ0) is 7.84. The van der Waals surface area contributed by atoms with Crippen molar-refractivity contribution in [3.05, 3.63) is 17.5 Å². The third kappa shape index (κ3) is 0.790. The second-order valence-corrected chi connectivity index (χ2v) is 2.42. The number of aromatic nitrogens is 1. The van der Waals surface area contributed by atoms with Gasteiger partial charge >= 0.3 is 5.97 Å². The molecule has 0 saturated carbocycles. The van der Waals surface area contributed by atoms with Crippen LogP contribution in [0.25, 0.3) is 0 Å². The van der Waals surface area contributed by atoms with Crippen molar-refractivity contribution >= 4 is 5.97 Å². The molecule has 4 nitrogen and oxygen atoms in total. The summed E-state index contributed by atoms with van der Waals surface area (Å²) < 4.78 is 5.12. The highest BCUT2D eigenvalue weighted by Gasteiger charge is 2.22. The van der Waals surface area contributed by atoms with E-state index in [0.717, 1.165) is 12.0 Å². The molecule has 0 fully saturated rings. The normalized spacial score (nSPS) is 14.2.